The van der Waals surface area contributed by atoms with Gasteiger partial charge in [-0.1, -0.05) is 39.5 Å². The fourth-order valence-corrected chi connectivity index (χ4v) is 5.32. The summed E-state index contributed by atoms with van der Waals surface area (Å²) in [5.41, 5.74) is 3.17. The minimum absolute atomic E-state index is 0.276. The van der Waals surface area contributed by atoms with Gasteiger partial charge in [0.25, 0.3) is 0 Å². The van der Waals surface area contributed by atoms with Gasteiger partial charge in [0.2, 0.25) is 0 Å². The van der Waals surface area contributed by atoms with Crippen LogP contribution in [0.1, 0.15) is 77.3 Å². The average Bonchev–Trinajstić information content (AvgIpc) is 3.03. The molecule has 0 saturated heterocycles. The molecule has 2 aliphatic heterocycles. The maximum absolute atomic E-state index is 10.7. The number of phenols is 1. The van der Waals surface area contributed by atoms with Crippen molar-refractivity contribution in [1.29, 1.82) is 0 Å². The van der Waals surface area contributed by atoms with Crippen molar-refractivity contribution in [3.8, 4) is 11.5 Å². The van der Waals surface area contributed by atoms with Crippen LogP contribution in [-0.2, 0) is 6.42 Å². The zero-order valence-corrected chi connectivity index (χ0v) is 17.0. The van der Waals surface area contributed by atoms with Gasteiger partial charge in [0, 0.05) is 10.7 Å². The Hall–Kier alpha value is -1.09. The van der Waals surface area contributed by atoms with Crippen LogP contribution >= 0.6 is 11.8 Å². The van der Waals surface area contributed by atoms with Crippen molar-refractivity contribution in [2.24, 2.45) is 5.92 Å². The summed E-state index contributed by atoms with van der Waals surface area (Å²) in [4.78, 5) is 1.30. The molecule has 1 aromatic carbocycles. The standard InChI is InChI=1S/C22H32O2S/c1-5-6-7-8-15(2)9-10-16-13-18(23)20-17-11-12-25-21(17)22(3,4)24-19(20)14-16/h13-15,23H,5-12H2,1-4H3. The molecule has 3 rings (SSSR count). The van der Waals surface area contributed by atoms with E-state index in [0.29, 0.717) is 5.75 Å². The molecule has 1 unspecified atom stereocenters. The van der Waals surface area contributed by atoms with Gasteiger partial charge in [-0.2, -0.15) is 0 Å². The maximum atomic E-state index is 10.7. The number of unbranched alkanes of at least 4 members (excludes halogenated alkanes) is 2. The van der Waals surface area contributed by atoms with Gasteiger partial charge in [-0.15, -0.1) is 11.8 Å². The van der Waals surface area contributed by atoms with E-state index in [0.717, 1.165) is 35.8 Å². The van der Waals surface area contributed by atoms with E-state index >= 15 is 0 Å². The number of thioether (sulfide) groups is 1. The van der Waals surface area contributed by atoms with Gasteiger partial charge >= 0.3 is 0 Å². The highest BCUT2D eigenvalue weighted by molar-refractivity contribution is 8.03. The van der Waals surface area contributed by atoms with E-state index < -0.39 is 0 Å². The molecule has 0 saturated carbocycles. The summed E-state index contributed by atoms with van der Waals surface area (Å²) < 4.78 is 6.30. The normalized spacial score (nSPS) is 19.4. The van der Waals surface area contributed by atoms with E-state index in [2.05, 4.69) is 33.8 Å². The second kappa shape index (κ2) is 7.65. The van der Waals surface area contributed by atoms with Crippen molar-refractivity contribution in [3.63, 3.8) is 0 Å². The van der Waals surface area contributed by atoms with Crippen LogP contribution in [0.3, 0.4) is 0 Å². The first-order valence-electron chi connectivity index (χ1n) is 9.84. The van der Waals surface area contributed by atoms with E-state index in [4.69, 9.17) is 4.74 Å². The van der Waals surface area contributed by atoms with Gasteiger partial charge in [-0.25, -0.2) is 0 Å². The van der Waals surface area contributed by atoms with Crippen molar-refractivity contribution in [3.05, 3.63) is 28.2 Å². The van der Waals surface area contributed by atoms with Gasteiger partial charge in [0.1, 0.15) is 17.1 Å². The van der Waals surface area contributed by atoms with Crippen LogP contribution in [0.15, 0.2) is 17.0 Å². The maximum Gasteiger partial charge on any atom is 0.134 e. The number of aromatic hydroxyl groups is 1. The third kappa shape index (κ3) is 4.02. The first kappa shape index (κ1) is 18.7. The van der Waals surface area contributed by atoms with Crippen molar-refractivity contribution in [2.75, 3.05) is 5.75 Å². The Bertz CT molecular complexity index is 660. The van der Waals surface area contributed by atoms with Crippen LogP contribution in [0.25, 0.3) is 5.57 Å². The smallest absolute Gasteiger partial charge is 0.134 e. The molecule has 3 heteroatoms. The third-order valence-corrected chi connectivity index (χ3v) is 6.89. The minimum Gasteiger partial charge on any atom is -0.507 e. The lowest BCUT2D eigenvalue weighted by molar-refractivity contribution is 0.153. The predicted octanol–water partition coefficient (Wildman–Crippen LogP) is 6.56. The Morgan fingerprint density at radius 3 is 2.80 bits per heavy atom. The molecule has 0 radical (unpaired) electrons. The fraction of sp³-hybridized carbons (Fsp3) is 0.636. The molecular formula is C22H32O2S. The molecule has 1 N–H and O–H groups in total. The Morgan fingerprint density at radius 1 is 1.24 bits per heavy atom. The van der Waals surface area contributed by atoms with E-state index in [-0.39, 0.29) is 5.60 Å². The van der Waals surface area contributed by atoms with Gasteiger partial charge in [0.15, 0.2) is 0 Å². The Labute approximate surface area is 157 Å². The van der Waals surface area contributed by atoms with Gasteiger partial charge < -0.3 is 9.84 Å². The molecule has 1 aromatic rings. The van der Waals surface area contributed by atoms with Crippen LogP contribution in [0, 0.1) is 5.92 Å². The number of aryl methyl sites for hydroxylation is 1. The zero-order valence-electron chi connectivity index (χ0n) is 16.2. The number of fused-ring (bicyclic) bond motifs is 2. The number of rotatable bonds is 7. The Balaban J connectivity index is 1.75. The van der Waals surface area contributed by atoms with Crippen molar-refractivity contribution >= 4 is 17.3 Å². The highest BCUT2D eigenvalue weighted by Crippen LogP contribution is 2.53. The van der Waals surface area contributed by atoms with E-state index in [1.54, 1.807) is 0 Å². The third-order valence-electron chi connectivity index (χ3n) is 5.45. The van der Waals surface area contributed by atoms with Crippen LogP contribution < -0.4 is 4.74 Å². The van der Waals surface area contributed by atoms with Crippen molar-refractivity contribution < 1.29 is 9.84 Å². The molecule has 25 heavy (non-hydrogen) atoms. The van der Waals surface area contributed by atoms with Crippen molar-refractivity contribution in [2.45, 2.75) is 78.2 Å². The number of phenolic OH excluding ortho intramolecular Hbond substituents is 1. The SMILES string of the molecule is CCCCCC(C)CCc1cc(O)c2c(c1)OC(C)(C)C1=C2CCS1. The minimum atomic E-state index is -0.276. The molecule has 2 aliphatic rings. The molecule has 1 atom stereocenters. The summed E-state index contributed by atoms with van der Waals surface area (Å²) in [7, 11) is 0. The fourth-order valence-electron chi connectivity index (χ4n) is 4.04. The molecule has 0 aliphatic carbocycles. The largest absolute Gasteiger partial charge is 0.507 e. The second-order valence-corrected chi connectivity index (χ2v) is 9.25. The van der Waals surface area contributed by atoms with Crippen LogP contribution in [-0.4, -0.2) is 16.5 Å². The molecule has 2 nitrogen and oxygen atoms in total. The molecule has 138 valence electrons. The van der Waals surface area contributed by atoms with Gasteiger partial charge in [0.05, 0.1) is 5.56 Å². The second-order valence-electron chi connectivity index (χ2n) is 8.15. The van der Waals surface area contributed by atoms with E-state index in [1.807, 2.05) is 17.8 Å². The van der Waals surface area contributed by atoms with Gasteiger partial charge in [-0.3, -0.25) is 0 Å². The number of hydrogen-bond acceptors (Lipinski definition) is 3. The molecule has 2 heterocycles. The summed E-state index contributed by atoms with van der Waals surface area (Å²) in [5.74, 6) is 3.10. The summed E-state index contributed by atoms with van der Waals surface area (Å²) >= 11 is 1.88. The monoisotopic (exact) mass is 360 g/mol. The Kier molecular flexibility index (Phi) is 5.72. The predicted molar refractivity (Wildman–Crippen MR) is 108 cm³/mol. The van der Waals surface area contributed by atoms with Crippen molar-refractivity contribution in [1.82, 2.24) is 0 Å². The first-order chi connectivity index (χ1) is 11.9. The number of hydrogen-bond donors (Lipinski definition) is 1. The highest BCUT2D eigenvalue weighted by Gasteiger charge is 2.39. The molecule has 0 amide bonds. The molecular weight excluding hydrogens is 328 g/mol. The Morgan fingerprint density at radius 2 is 2.04 bits per heavy atom. The molecule has 0 spiro atoms. The number of allylic oxidation sites excluding steroid dienone is 1. The van der Waals surface area contributed by atoms with Crippen LogP contribution in [0.2, 0.25) is 0 Å². The summed E-state index contributed by atoms with van der Waals surface area (Å²) in [5, 5.41) is 10.7. The molecule has 0 bridgehead atoms. The highest BCUT2D eigenvalue weighted by atomic mass is 32.2. The number of benzene rings is 1. The molecule has 0 fully saturated rings. The molecule has 0 aromatic heterocycles. The summed E-state index contributed by atoms with van der Waals surface area (Å²) in [6.45, 7) is 8.89. The average molecular weight is 361 g/mol. The zero-order chi connectivity index (χ0) is 18.0. The lowest BCUT2D eigenvalue weighted by Gasteiger charge is -2.34. The lowest BCUT2D eigenvalue weighted by Crippen LogP contribution is -2.32. The lowest BCUT2D eigenvalue weighted by atomic mass is 9.90. The summed E-state index contributed by atoms with van der Waals surface area (Å²) in [6, 6.07) is 4.13. The van der Waals surface area contributed by atoms with E-state index in [1.165, 1.54) is 48.1 Å². The summed E-state index contributed by atoms with van der Waals surface area (Å²) in [6.07, 6.45) is 8.48. The van der Waals surface area contributed by atoms with Gasteiger partial charge in [-0.05, 0) is 62.3 Å². The topological polar surface area (TPSA) is 29.5 Å². The van der Waals surface area contributed by atoms with Crippen LogP contribution in [0.4, 0.5) is 0 Å². The first-order valence-corrected chi connectivity index (χ1v) is 10.8. The van der Waals surface area contributed by atoms with E-state index in [9.17, 15) is 5.11 Å². The number of ether oxygens (including phenoxy) is 1. The van der Waals surface area contributed by atoms with Crippen LogP contribution in [0.5, 0.6) is 11.5 Å². The quantitative estimate of drug-likeness (QED) is 0.558.